The molecular formula is C17H15N3O4S. The number of thiol groups is 1. The lowest BCUT2D eigenvalue weighted by molar-refractivity contribution is -0.136. The Labute approximate surface area is 148 Å². The monoisotopic (exact) mass is 357 g/mol. The van der Waals surface area contributed by atoms with Crippen molar-refractivity contribution < 1.29 is 19.8 Å². The van der Waals surface area contributed by atoms with Crippen molar-refractivity contribution in [3.05, 3.63) is 48.5 Å². The fourth-order valence-electron chi connectivity index (χ4n) is 2.65. The number of anilines is 1. The third-order valence-corrected chi connectivity index (χ3v) is 3.97. The average molecular weight is 357 g/mol. The zero-order valence-electron chi connectivity index (χ0n) is 13.0. The van der Waals surface area contributed by atoms with E-state index in [4.69, 9.17) is 10.2 Å². The smallest absolute Gasteiger partial charge is 0.323 e. The topological polar surface area (TPSA) is 95.7 Å². The third kappa shape index (κ3) is 3.58. The second-order valence-corrected chi connectivity index (χ2v) is 5.80. The van der Waals surface area contributed by atoms with Crippen LogP contribution in [0.1, 0.15) is 0 Å². The molecule has 0 fully saturated rings. The van der Waals surface area contributed by atoms with Gasteiger partial charge >= 0.3 is 11.9 Å². The van der Waals surface area contributed by atoms with Gasteiger partial charge in [-0.1, -0.05) is 12.1 Å². The van der Waals surface area contributed by atoms with Gasteiger partial charge < -0.3 is 15.1 Å². The van der Waals surface area contributed by atoms with Gasteiger partial charge in [-0.05, 0) is 36.4 Å². The van der Waals surface area contributed by atoms with Crippen LogP contribution >= 0.6 is 12.6 Å². The molecule has 0 aliphatic heterocycles. The Balaban J connectivity index is 1.97. The minimum absolute atomic E-state index is 0.391. The summed E-state index contributed by atoms with van der Waals surface area (Å²) < 4.78 is 1.86. The Morgan fingerprint density at radius 3 is 2.20 bits per heavy atom. The van der Waals surface area contributed by atoms with Crippen LogP contribution < -0.4 is 4.90 Å². The standard InChI is InChI=1S/C17H15N3O4S/c21-15(22)9-19(10-16(23)24)11-5-7-12(8-6-11)20-14-4-2-1-3-13(14)18-17(20)25/h1-8H,9-10H2,(H,18,25)(H,21,22)(H,23,24). The van der Waals surface area contributed by atoms with Crippen LogP contribution in [0.2, 0.25) is 0 Å². The number of hydrogen-bond acceptors (Lipinski definition) is 5. The first kappa shape index (κ1) is 16.8. The van der Waals surface area contributed by atoms with Gasteiger partial charge in [0.25, 0.3) is 0 Å². The number of imidazole rings is 1. The summed E-state index contributed by atoms with van der Waals surface area (Å²) in [6.45, 7) is -0.783. The molecule has 0 saturated heterocycles. The number of hydrogen-bond donors (Lipinski definition) is 3. The van der Waals surface area contributed by atoms with Crippen LogP contribution in [0, 0.1) is 0 Å². The first-order chi connectivity index (χ1) is 12.0. The largest absolute Gasteiger partial charge is 0.480 e. The van der Waals surface area contributed by atoms with E-state index in [0.717, 1.165) is 16.7 Å². The highest BCUT2D eigenvalue weighted by Crippen LogP contribution is 2.25. The van der Waals surface area contributed by atoms with Gasteiger partial charge in [-0.15, -0.1) is 12.6 Å². The quantitative estimate of drug-likeness (QED) is 0.586. The van der Waals surface area contributed by atoms with E-state index in [0.29, 0.717) is 10.8 Å². The lowest BCUT2D eigenvalue weighted by atomic mass is 10.2. The van der Waals surface area contributed by atoms with Gasteiger partial charge in [0.15, 0.2) is 5.16 Å². The SMILES string of the molecule is O=C(O)CN(CC(=O)O)c1ccc(-n2c(S)nc3ccccc32)cc1. The summed E-state index contributed by atoms with van der Waals surface area (Å²) in [4.78, 5) is 27.6. The predicted octanol–water partition coefficient (Wildman–Crippen LogP) is 2.29. The van der Waals surface area contributed by atoms with Crippen LogP contribution in [0.3, 0.4) is 0 Å². The average Bonchev–Trinajstić information content (AvgIpc) is 2.89. The minimum Gasteiger partial charge on any atom is -0.480 e. The van der Waals surface area contributed by atoms with Crippen LogP contribution in [0.4, 0.5) is 5.69 Å². The van der Waals surface area contributed by atoms with E-state index in [1.54, 1.807) is 24.3 Å². The Bertz CT molecular complexity index is 921. The lowest BCUT2D eigenvalue weighted by Crippen LogP contribution is -2.34. The number of carboxylic acids is 2. The summed E-state index contributed by atoms with van der Waals surface area (Å²) in [7, 11) is 0. The van der Waals surface area contributed by atoms with Crippen LogP contribution in [0.25, 0.3) is 16.7 Å². The number of nitrogens with zero attached hydrogens (tertiary/aromatic N) is 3. The predicted molar refractivity (Wildman–Crippen MR) is 95.8 cm³/mol. The van der Waals surface area contributed by atoms with E-state index in [9.17, 15) is 9.59 Å². The van der Waals surface area contributed by atoms with E-state index in [1.165, 1.54) is 4.90 Å². The van der Waals surface area contributed by atoms with Gasteiger partial charge in [0, 0.05) is 11.4 Å². The number of rotatable bonds is 6. The van der Waals surface area contributed by atoms with Gasteiger partial charge in [-0.25, -0.2) is 4.98 Å². The van der Waals surface area contributed by atoms with Crippen molar-refractivity contribution in [2.45, 2.75) is 5.16 Å². The third-order valence-electron chi connectivity index (χ3n) is 3.67. The number of para-hydroxylation sites is 2. The first-order valence-electron chi connectivity index (χ1n) is 7.41. The highest BCUT2D eigenvalue weighted by Gasteiger charge is 2.15. The molecule has 7 nitrogen and oxygen atoms in total. The molecular weight excluding hydrogens is 342 g/mol. The molecule has 128 valence electrons. The van der Waals surface area contributed by atoms with E-state index < -0.39 is 25.0 Å². The Morgan fingerprint density at radius 1 is 1.00 bits per heavy atom. The van der Waals surface area contributed by atoms with E-state index in [2.05, 4.69) is 17.6 Å². The number of benzene rings is 2. The maximum atomic E-state index is 11.0. The highest BCUT2D eigenvalue weighted by atomic mass is 32.1. The highest BCUT2D eigenvalue weighted by molar-refractivity contribution is 7.80. The molecule has 1 aromatic heterocycles. The molecule has 0 aliphatic carbocycles. The van der Waals surface area contributed by atoms with Gasteiger partial charge in [0.2, 0.25) is 0 Å². The molecule has 0 amide bonds. The van der Waals surface area contributed by atoms with Crippen molar-refractivity contribution in [2.75, 3.05) is 18.0 Å². The number of carbonyl (C=O) groups is 2. The summed E-state index contributed by atoms with van der Waals surface area (Å²) in [6.07, 6.45) is 0. The van der Waals surface area contributed by atoms with E-state index >= 15 is 0 Å². The number of carboxylic acid groups (broad SMARTS) is 2. The van der Waals surface area contributed by atoms with E-state index in [-0.39, 0.29) is 0 Å². The molecule has 1 heterocycles. The second kappa shape index (κ2) is 6.86. The van der Waals surface area contributed by atoms with Gasteiger partial charge in [0.1, 0.15) is 13.1 Å². The molecule has 25 heavy (non-hydrogen) atoms. The summed E-state index contributed by atoms with van der Waals surface area (Å²) >= 11 is 4.41. The molecule has 3 aromatic rings. The van der Waals surface area contributed by atoms with Crippen molar-refractivity contribution in [1.82, 2.24) is 9.55 Å². The van der Waals surface area contributed by atoms with E-state index in [1.807, 2.05) is 28.8 Å². The number of aliphatic carboxylic acids is 2. The molecule has 8 heteroatoms. The minimum atomic E-state index is -1.09. The molecule has 0 spiro atoms. The second-order valence-electron chi connectivity index (χ2n) is 5.40. The zero-order chi connectivity index (χ0) is 18.0. The summed E-state index contributed by atoms with van der Waals surface area (Å²) in [6, 6.07) is 14.5. The molecule has 2 N–H and O–H groups in total. The fraction of sp³-hybridized carbons (Fsp3) is 0.118. The van der Waals surface area contributed by atoms with Crippen LogP contribution in [0.5, 0.6) is 0 Å². The molecule has 0 radical (unpaired) electrons. The van der Waals surface area contributed by atoms with Crippen LogP contribution in [-0.2, 0) is 9.59 Å². The van der Waals surface area contributed by atoms with Gasteiger partial charge in [0.05, 0.1) is 11.0 Å². The summed E-state index contributed by atoms with van der Waals surface area (Å²) in [5.74, 6) is -2.19. The molecule has 0 saturated carbocycles. The van der Waals surface area contributed by atoms with Gasteiger partial charge in [-0.3, -0.25) is 14.2 Å². The maximum absolute atomic E-state index is 11.0. The Hall–Kier alpha value is -3.00. The summed E-state index contributed by atoms with van der Waals surface area (Å²) in [5, 5.41) is 18.5. The fourth-order valence-corrected chi connectivity index (χ4v) is 2.98. The van der Waals surface area contributed by atoms with Crippen LogP contribution in [0.15, 0.2) is 53.7 Å². The molecule has 0 bridgehead atoms. The Morgan fingerprint density at radius 2 is 1.60 bits per heavy atom. The zero-order valence-corrected chi connectivity index (χ0v) is 13.9. The molecule has 2 aromatic carbocycles. The van der Waals surface area contributed by atoms with Crippen molar-refractivity contribution in [2.24, 2.45) is 0 Å². The molecule has 3 rings (SSSR count). The van der Waals surface area contributed by atoms with Crippen molar-refractivity contribution in [3.8, 4) is 5.69 Å². The molecule has 0 unspecified atom stereocenters. The maximum Gasteiger partial charge on any atom is 0.323 e. The Kier molecular flexibility index (Phi) is 4.62. The molecule has 0 aliphatic rings. The van der Waals surface area contributed by atoms with Gasteiger partial charge in [-0.2, -0.15) is 0 Å². The lowest BCUT2D eigenvalue weighted by Gasteiger charge is -2.21. The van der Waals surface area contributed by atoms with Crippen molar-refractivity contribution in [1.29, 1.82) is 0 Å². The normalized spacial score (nSPS) is 10.8. The molecule has 0 atom stereocenters. The van der Waals surface area contributed by atoms with Crippen LogP contribution in [-0.4, -0.2) is 44.8 Å². The van der Waals surface area contributed by atoms with Crippen molar-refractivity contribution in [3.63, 3.8) is 0 Å². The first-order valence-corrected chi connectivity index (χ1v) is 7.86. The number of fused-ring (bicyclic) bond motifs is 1. The van der Waals surface area contributed by atoms with Crippen molar-refractivity contribution >= 4 is 41.3 Å². The summed E-state index contributed by atoms with van der Waals surface area (Å²) in [5.41, 5.74) is 3.02. The number of aromatic nitrogens is 2.